The third-order valence-corrected chi connectivity index (χ3v) is 4.01. The first-order valence-electron chi connectivity index (χ1n) is 4.84. The van der Waals surface area contributed by atoms with Gasteiger partial charge in [0.25, 0.3) is 0 Å². The topological polar surface area (TPSA) is 26.0 Å². The third-order valence-electron chi connectivity index (χ3n) is 2.79. The summed E-state index contributed by atoms with van der Waals surface area (Å²) in [6.07, 6.45) is -4.43. The lowest BCUT2D eigenvalue weighted by molar-refractivity contribution is -0.160. The second-order valence-corrected chi connectivity index (χ2v) is 5.63. The maximum Gasteiger partial charge on any atom is 0.404 e. The second-order valence-electron chi connectivity index (χ2n) is 4.37. The van der Waals surface area contributed by atoms with Crippen molar-refractivity contribution >= 4 is 27.5 Å². The summed E-state index contributed by atoms with van der Waals surface area (Å²) >= 11 is 8.98. The van der Waals surface area contributed by atoms with Crippen LogP contribution in [0.15, 0.2) is 22.7 Å². The molecule has 6 heteroatoms. The average molecular weight is 331 g/mol. The molecule has 1 rings (SSSR count). The molecule has 0 saturated heterocycles. The Labute approximate surface area is 111 Å². The zero-order valence-electron chi connectivity index (χ0n) is 9.28. The molecule has 0 aliphatic heterocycles. The molecule has 2 N–H and O–H groups in total. The van der Waals surface area contributed by atoms with Gasteiger partial charge in [0.2, 0.25) is 0 Å². The molecule has 17 heavy (non-hydrogen) atoms. The summed E-state index contributed by atoms with van der Waals surface area (Å²) in [6, 6.07) is 2.74. The molecule has 0 heterocycles. The van der Waals surface area contributed by atoms with E-state index in [-0.39, 0.29) is 0 Å². The van der Waals surface area contributed by atoms with E-state index in [4.69, 9.17) is 17.3 Å². The van der Waals surface area contributed by atoms with Crippen molar-refractivity contribution in [3.8, 4) is 0 Å². The van der Waals surface area contributed by atoms with Gasteiger partial charge < -0.3 is 5.73 Å². The van der Waals surface area contributed by atoms with E-state index >= 15 is 0 Å². The Balaban J connectivity index is 3.17. The lowest BCUT2D eigenvalue weighted by Crippen LogP contribution is -2.51. The van der Waals surface area contributed by atoms with E-state index in [0.717, 1.165) is 0 Å². The Bertz CT molecular complexity index is 418. The number of benzene rings is 1. The largest absolute Gasteiger partial charge is 0.404 e. The van der Waals surface area contributed by atoms with Crippen molar-refractivity contribution in [1.82, 2.24) is 0 Å². The zero-order chi connectivity index (χ0) is 13.4. The number of hydrogen-bond acceptors (Lipinski definition) is 1. The summed E-state index contributed by atoms with van der Waals surface area (Å²) in [5.74, 6) is 0. The molecule has 0 aliphatic rings. The highest BCUT2D eigenvalue weighted by atomic mass is 79.9. The van der Waals surface area contributed by atoms with E-state index < -0.39 is 17.6 Å². The smallest absolute Gasteiger partial charge is 0.319 e. The molecule has 1 atom stereocenters. The molecule has 0 radical (unpaired) electrons. The maximum atomic E-state index is 12.6. The Hall–Kier alpha value is -0.260. The molecule has 0 saturated carbocycles. The van der Waals surface area contributed by atoms with Crippen molar-refractivity contribution in [2.24, 2.45) is 5.73 Å². The van der Waals surface area contributed by atoms with Crippen molar-refractivity contribution in [3.05, 3.63) is 33.3 Å². The van der Waals surface area contributed by atoms with Gasteiger partial charge in [-0.25, -0.2) is 0 Å². The zero-order valence-corrected chi connectivity index (χ0v) is 11.6. The van der Waals surface area contributed by atoms with E-state index in [1.807, 2.05) is 0 Å². The predicted molar refractivity (Wildman–Crippen MR) is 66.2 cm³/mol. The second kappa shape index (κ2) is 4.78. The third kappa shape index (κ3) is 3.14. The number of alkyl halides is 3. The van der Waals surface area contributed by atoms with E-state index in [1.165, 1.54) is 13.8 Å². The van der Waals surface area contributed by atoms with Crippen LogP contribution < -0.4 is 5.73 Å². The minimum absolute atomic E-state index is 0.449. The van der Waals surface area contributed by atoms with Crippen LogP contribution in [0, 0.1) is 0 Å². The Morgan fingerprint density at radius 1 is 1.29 bits per heavy atom. The van der Waals surface area contributed by atoms with Crippen molar-refractivity contribution in [1.29, 1.82) is 0 Å². The van der Waals surface area contributed by atoms with Gasteiger partial charge in [-0.3, -0.25) is 0 Å². The van der Waals surface area contributed by atoms with E-state index in [2.05, 4.69) is 15.9 Å². The number of nitrogens with two attached hydrogens (primary N) is 1. The van der Waals surface area contributed by atoms with Crippen molar-refractivity contribution in [3.63, 3.8) is 0 Å². The predicted octanol–water partition coefficient (Wildman–Crippen LogP) is 4.27. The summed E-state index contributed by atoms with van der Waals surface area (Å²) in [5.41, 5.74) is 4.54. The van der Waals surface area contributed by atoms with Gasteiger partial charge in [0.1, 0.15) is 6.04 Å². The van der Waals surface area contributed by atoms with Crippen molar-refractivity contribution < 1.29 is 13.2 Å². The van der Waals surface area contributed by atoms with E-state index in [1.54, 1.807) is 18.2 Å². The molecule has 0 bridgehead atoms. The summed E-state index contributed by atoms with van der Waals surface area (Å²) in [5, 5.41) is 0.449. The monoisotopic (exact) mass is 329 g/mol. The van der Waals surface area contributed by atoms with Gasteiger partial charge in [0.05, 0.1) is 5.02 Å². The molecule has 1 aromatic carbocycles. The highest BCUT2D eigenvalue weighted by Crippen LogP contribution is 2.37. The van der Waals surface area contributed by atoms with Crippen LogP contribution in [0.5, 0.6) is 0 Å². The van der Waals surface area contributed by atoms with E-state index in [9.17, 15) is 13.2 Å². The summed E-state index contributed by atoms with van der Waals surface area (Å²) in [6.45, 7) is 2.92. The molecule has 1 unspecified atom stereocenters. The van der Waals surface area contributed by atoms with Gasteiger partial charge in [-0.05, 0) is 33.6 Å². The maximum absolute atomic E-state index is 12.6. The molecule has 0 spiro atoms. The molecular weight excluding hydrogens is 318 g/mol. The molecule has 0 fully saturated rings. The van der Waals surface area contributed by atoms with Gasteiger partial charge in [-0.15, -0.1) is 0 Å². The summed E-state index contributed by atoms with van der Waals surface area (Å²) in [7, 11) is 0. The SMILES string of the molecule is CC(C)(c1ccc(Cl)c(Br)c1)C(N)C(F)(F)F. The Morgan fingerprint density at radius 3 is 2.24 bits per heavy atom. The van der Waals surface area contributed by atoms with Gasteiger partial charge in [-0.1, -0.05) is 31.5 Å². The van der Waals surface area contributed by atoms with Crippen LogP contribution in [0.2, 0.25) is 5.02 Å². The lowest BCUT2D eigenvalue weighted by atomic mass is 9.78. The fourth-order valence-electron chi connectivity index (χ4n) is 1.49. The average Bonchev–Trinajstić information content (AvgIpc) is 2.19. The highest BCUT2D eigenvalue weighted by molar-refractivity contribution is 9.10. The summed E-state index contributed by atoms with van der Waals surface area (Å²) < 4.78 is 38.5. The first-order chi connectivity index (χ1) is 7.56. The molecule has 0 amide bonds. The molecule has 0 aliphatic carbocycles. The fraction of sp³-hybridized carbons (Fsp3) is 0.455. The Morgan fingerprint density at radius 2 is 1.82 bits per heavy atom. The van der Waals surface area contributed by atoms with Crippen LogP contribution >= 0.6 is 27.5 Å². The number of rotatable bonds is 2. The van der Waals surface area contributed by atoms with Crippen LogP contribution in [0.4, 0.5) is 13.2 Å². The van der Waals surface area contributed by atoms with Gasteiger partial charge >= 0.3 is 6.18 Å². The highest BCUT2D eigenvalue weighted by Gasteiger charge is 2.47. The molecule has 1 aromatic rings. The Kier molecular flexibility index (Phi) is 4.16. The van der Waals surface area contributed by atoms with Gasteiger partial charge in [0.15, 0.2) is 0 Å². The van der Waals surface area contributed by atoms with Crippen LogP contribution in [0.25, 0.3) is 0 Å². The number of hydrogen-bond donors (Lipinski definition) is 1. The van der Waals surface area contributed by atoms with Crippen molar-refractivity contribution in [2.45, 2.75) is 31.5 Å². The van der Waals surface area contributed by atoms with Crippen LogP contribution in [0.3, 0.4) is 0 Å². The summed E-state index contributed by atoms with van der Waals surface area (Å²) in [4.78, 5) is 0. The first-order valence-corrected chi connectivity index (χ1v) is 6.01. The van der Waals surface area contributed by atoms with Crippen LogP contribution in [-0.4, -0.2) is 12.2 Å². The lowest BCUT2D eigenvalue weighted by Gasteiger charge is -2.33. The van der Waals surface area contributed by atoms with Crippen LogP contribution in [-0.2, 0) is 5.41 Å². The fourth-order valence-corrected chi connectivity index (χ4v) is 1.98. The number of halogens is 5. The standard InChI is InChI=1S/C11H12BrClF3N/c1-10(2,9(17)11(14,15)16)6-3-4-8(13)7(12)5-6/h3-5,9H,17H2,1-2H3. The minimum atomic E-state index is -4.43. The molecule has 0 aromatic heterocycles. The molecule has 1 nitrogen and oxygen atoms in total. The quantitative estimate of drug-likeness (QED) is 0.861. The van der Waals surface area contributed by atoms with Crippen LogP contribution in [0.1, 0.15) is 19.4 Å². The van der Waals surface area contributed by atoms with Gasteiger partial charge in [0, 0.05) is 9.89 Å². The molecular formula is C11H12BrClF3N. The molecule has 96 valence electrons. The normalized spacial score (nSPS) is 14.8. The minimum Gasteiger partial charge on any atom is -0.319 e. The van der Waals surface area contributed by atoms with Gasteiger partial charge in [-0.2, -0.15) is 13.2 Å². The van der Waals surface area contributed by atoms with Crippen molar-refractivity contribution in [2.75, 3.05) is 0 Å². The van der Waals surface area contributed by atoms with E-state index in [0.29, 0.717) is 15.1 Å². The first kappa shape index (κ1) is 14.8.